The molecule has 4 nitrogen and oxygen atoms in total. The van der Waals surface area contributed by atoms with E-state index in [4.69, 9.17) is 44.1 Å². The topological polar surface area (TPSA) is 70.5 Å². The van der Waals surface area contributed by atoms with Crippen LogP contribution < -0.4 is 20.9 Å². The van der Waals surface area contributed by atoms with Crippen molar-refractivity contribution >= 4 is 23.2 Å². The zero-order chi connectivity index (χ0) is 27.1. The van der Waals surface area contributed by atoms with E-state index in [0.717, 1.165) is 23.3 Å². The number of hydrogen-bond donors (Lipinski definition) is 2. The van der Waals surface area contributed by atoms with E-state index in [1.54, 1.807) is 0 Å². The van der Waals surface area contributed by atoms with E-state index in [-0.39, 0.29) is 5.92 Å². The van der Waals surface area contributed by atoms with Crippen LogP contribution in [0.25, 0.3) is 11.1 Å². The normalized spacial score (nSPS) is 11.8. The van der Waals surface area contributed by atoms with Crippen LogP contribution in [0.3, 0.4) is 0 Å². The molecule has 0 spiro atoms. The maximum Gasteiger partial charge on any atom is 0.156 e. The van der Waals surface area contributed by atoms with Crippen LogP contribution in [-0.2, 0) is 13.0 Å². The van der Waals surface area contributed by atoms with Gasteiger partial charge in [0.05, 0.1) is 10.0 Å². The summed E-state index contributed by atoms with van der Waals surface area (Å²) in [6.45, 7) is 5.89. The van der Waals surface area contributed by atoms with Crippen LogP contribution in [0.2, 0.25) is 10.0 Å². The monoisotopic (exact) mass is 548 g/mol. The molecule has 0 heterocycles. The van der Waals surface area contributed by atoms with Gasteiger partial charge >= 0.3 is 0 Å². The number of aryl methyl sites for hydroxylation is 2. The molecular weight excluding hydrogens is 515 g/mol. The van der Waals surface area contributed by atoms with Crippen molar-refractivity contribution in [3.63, 3.8) is 0 Å². The first-order valence-electron chi connectivity index (χ1n) is 12.8. The SMILES string of the molecule is Cc1cc(Cl)c(OCCOc2ccc(CC(CN)c3ccc(-c4ccccc4CN)cc3C)cc2)c(Cl)c1. The van der Waals surface area contributed by atoms with Gasteiger partial charge in [0.15, 0.2) is 5.75 Å². The molecule has 38 heavy (non-hydrogen) atoms. The Morgan fingerprint density at radius 2 is 1.47 bits per heavy atom. The summed E-state index contributed by atoms with van der Waals surface area (Å²) in [5.74, 6) is 1.48. The molecule has 0 aliphatic rings. The summed E-state index contributed by atoms with van der Waals surface area (Å²) in [6, 6.07) is 26.7. The standard InChI is InChI=1S/C32H34Cl2N2O2/c1-21-15-30(33)32(31(34)16-21)38-14-13-37-27-10-7-23(8-11-27)18-26(20-36)28-12-9-24(17-22(28)2)29-6-4-3-5-25(29)19-35/h3-12,15-17,26H,13-14,18-20,35-36H2,1-2H3. The van der Waals surface area contributed by atoms with Crippen LogP contribution >= 0.6 is 23.2 Å². The summed E-state index contributed by atoms with van der Waals surface area (Å²) in [7, 11) is 0. The first-order valence-corrected chi connectivity index (χ1v) is 13.5. The van der Waals surface area contributed by atoms with Gasteiger partial charge in [0.2, 0.25) is 0 Å². The maximum absolute atomic E-state index is 6.24. The molecule has 0 saturated carbocycles. The largest absolute Gasteiger partial charge is 0.490 e. The van der Waals surface area contributed by atoms with Gasteiger partial charge in [-0.05, 0) is 90.0 Å². The second-order valence-electron chi connectivity index (χ2n) is 9.47. The summed E-state index contributed by atoms with van der Waals surface area (Å²) in [6.07, 6.45) is 0.851. The van der Waals surface area contributed by atoms with Crippen molar-refractivity contribution in [2.75, 3.05) is 19.8 Å². The molecular formula is C32H34Cl2N2O2. The molecule has 0 fully saturated rings. The van der Waals surface area contributed by atoms with Crippen molar-refractivity contribution in [1.29, 1.82) is 0 Å². The van der Waals surface area contributed by atoms with E-state index in [9.17, 15) is 0 Å². The van der Waals surface area contributed by atoms with Crippen LogP contribution in [0.5, 0.6) is 11.5 Å². The second kappa shape index (κ2) is 13.2. The molecule has 1 atom stereocenters. The molecule has 4 aromatic carbocycles. The highest BCUT2D eigenvalue weighted by Gasteiger charge is 2.15. The van der Waals surface area contributed by atoms with Gasteiger partial charge in [-0.2, -0.15) is 0 Å². The van der Waals surface area contributed by atoms with Crippen molar-refractivity contribution in [1.82, 2.24) is 0 Å². The highest BCUT2D eigenvalue weighted by molar-refractivity contribution is 6.37. The lowest BCUT2D eigenvalue weighted by Crippen LogP contribution is -2.16. The molecule has 0 aliphatic heterocycles. The van der Waals surface area contributed by atoms with E-state index >= 15 is 0 Å². The van der Waals surface area contributed by atoms with Gasteiger partial charge in [-0.3, -0.25) is 0 Å². The number of benzene rings is 4. The van der Waals surface area contributed by atoms with Gasteiger partial charge in [0, 0.05) is 12.5 Å². The third-order valence-corrected chi connectivity index (χ3v) is 7.25. The fourth-order valence-electron chi connectivity index (χ4n) is 4.74. The fourth-order valence-corrected chi connectivity index (χ4v) is 5.44. The van der Waals surface area contributed by atoms with Crippen molar-refractivity contribution in [2.45, 2.75) is 32.7 Å². The Morgan fingerprint density at radius 1 is 0.789 bits per heavy atom. The summed E-state index contributed by atoms with van der Waals surface area (Å²) >= 11 is 12.5. The molecule has 198 valence electrons. The summed E-state index contributed by atoms with van der Waals surface area (Å²) < 4.78 is 11.6. The third-order valence-electron chi connectivity index (χ3n) is 6.69. The Kier molecular flexibility index (Phi) is 9.70. The van der Waals surface area contributed by atoms with E-state index in [2.05, 4.69) is 55.5 Å². The summed E-state index contributed by atoms with van der Waals surface area (Å²) in [5, 5.41) is 0.998. The smallest absolute Gasteiger partial charge is 0.156 e. The average Bonchev–Trinajstić information content (AvgIpc) is 2.91. The van der Waals surface area contributed by atoms with Gasteiger partial charge in [0.25, 0.3) is 0 Å². The maximum atomic E-state index is 6.24. The second-order valence-corrected chi connectivity index (χ2v) is 10.3. The molecule has 4 N–H and O–H groups in total. The highest BCUT2D eigenvalue weighted by atomic mass is 35.5. The number of nitrogens with two attached hydrogens (primary N) is 2. The third kappa shape index (κ3) is 6.89. The lowest BCUT2D eigenvalue weighted by atomic mass is 9.87. The van der Waals surface area contributed by atoms with Crippen molar-refractivity contribution in [3.8, 4) is 22.6 Å². The molecule has 0 saturated heterocycles. The quantitative estimate of drug-likeness (QED) is 0.190. The fraction of sp³-hybridized carbons (Fsp3) is 0.250. The Balaban J connectivity index is 1.35. The average molecular weight is 550 g/mol. The van der Waals surface area contributed by atoms with Crippen molar-refractivity contribution < 1.29 is 9.47 Å². The van der Waals surface area contributed by atoms with Gasteiger partial charge in [0.1, 0.15) is 19.0 Å². The van der Waals surface area contributed by atoms with E-state index in [1.165, 1.54) is 27.8 Å². The number of ether oxygens (including phenoxy) is 2. The minimum absolute atomic E-state index is 0.220. The van der Waals surface area contributed by atoms with Gasteiger partial charge in [-0.15, -0.1) is 0 Å². The molecule has 0 aromatic heterocycles. The molecule has 1 unspecified atom stereocenters. The number of rotatable bonds is 11. The molecule has 4 aromatic rings. The minimum Gasteiger partial charge on any atom is -0.490 e. The number of hydrogen-bond acceptors (Lipinski definition) is 4. The van der Waals surface area contributed by atoms with Crippen LogP contribution in [0.1, 0.15) is 33.7 Å². The Morgan fingerprint density at radius 3 is 2.13 bits per heavy atom. The Bertz CT molecular complexity index is 1350. The summed E-state index contributed by atoms with van der Waals surface area (Å²) in [5.41, 5.74) is 20.4. The van der Waals surface area contributed by atoms with Crippen molar-refractivity contribution in [3.05, 3.63) is 117 Å². The predicted octanol–water partition coefficient (Wildman–Crippen LogP) is 7.48. The predicted molar refractivity (Wildman–Crippen MR) is 159 cm³/mol. The molecule has 0 radical (unpaired) electrons. The van der Waals surface area contributed by atoms with Crippen LogP contribution in [0.15, 0.2) is 78.9 Å². The molecule has 6 heteroatoms. The lowest BCUT2D eigenvalue weighted by Gasteiger charge is -2.19. The van der Waals surface area contributed by atoms with Crippen molar-refractivity contribution in [2.24, 2.45) is 11.5 Å². The zero-order valence-electron chi connectivity index (χ0n) is 21.8. The Hall–Kier alpha value is -3.02. The number of halogens is 2. The van der Waals surface area contributed by atoms with Gasteiger partial charge < -0.3 is 20.9 Å². The Labute approximate surface area is 235 Å². The lowest BCUT2D eigenvalue weighted by molar-refractivity contribution is 0.217. The minimum atomic E-state index is 0.220. The van der Waals surface area contributed by atoms with Gasteiger partial charge in [-0.1, -0.05) is 77.8 Å². The molecule has 0 aliphatic carbocycles. The molecule has 4 rings (SSSR count). The van der Waals surface area contributed by atoms with Gasteiger partial charge in [-0.25, -0.2) is 0 Å². The summed E-state index contributed by atoms with van der Waals surface area (Å²) in [4.78, 5) is 0. The van der Waals surface area contributed by atoms with E-state index in [0.29, 0.717) is 42.1 Å². The molecule has 0 amide bonds. The zero-order valence-corrected chi connectivity index (χ0v) is 23.4. The first kappa shape index (κ1) is 28.0. The van der Waals surface area contributed by atoms with E-state index in [1.807, 2.05) is 37.3 Å². The van der Waals surface area contributed by atoms with Crippen LogP contribution in [0.4, 0.5) is 0 Å². The molecule has 0 bridgehead atoms. The first-order chi connectivity index (χ1) is 18.4. The van der Waals surface area contributed by atoms with E-state index < -0.39 is 0 Å². The van der Waals surface area contributed by atoms with Crippen LogP contribution in [0, 0.1) is 13.8 Å². The highest BCUT2D eigenvalue weighted by Crippen LogP contribution is 2.34. The van der Waals surface area contributed by atoms with Crippen LogP contribution in [-0.4, -0.2) is 19.8 Å².